The molecule has 2 heterocycles. The summed E-state index contributed by atoms with van der Waals surface area (Å²) in [5.74, 6) is -0.144. The molecular weight excluding hydrogens is 308 g/mol. The van der Waals surface area contributed by atoms with Crippen LogP contribution in [0.15, 0.2) is 30.6 Å². The fourth-order valence-corrected chi connectivity index (χ4v) is 2.64. The fraction of sp³-hybridized carbons (Fsp3) is 0.375. The number of rotatable bonds is 6. The highest BCUT2D eigenvalue weighted by atomic mass is 16.2. The van der Waals surface area contributed by atoms with Gasteiger partial charge in [0, 0.05) is 43.6 Å². The molecule has 8 nitrogen and oxygen atoms in total. The average Bonchev–Trinajstić information content (AvgIpc) is 3.23. The van der Waals surface area contributed by atoms with Gasteiger partial charge in [0.1, 0.15) is 0 Å². The first-order valence-electron chi connectivity index (χ1n) is 7.93. The van der Waals surface area contributed by atoms with Gasteiger partial charge in [0.2, 0.25) is 0 Å². The van der Waals surface area contributed by atoms with Crippen molar-refractivity contribution in [1.82, 2.24) is 25.6 Å². The number of urea groups is 1. The van der Waals surface area contributed by atoms with E-state index >= 15 is 0 Å². The van der Waals surface area contributed by atoms with Gasteiger partial charge in [0.05, 0.1) is 6.20 Å². The number of hydrogen-bond acceptors (Lipinski definition) is 4. The Hall–Kier alpha value is -2.90. The van der Waals surface area contributed by atoms with Gasteiger partial charge in [-0.3, -0.25) is 14.4 Å². The molecule has 0 atom stereocenters. The molecule has 0 aliphatic carbocycles. The maximum Gasteiger partial charge on any atom is 0.322 e. The highest BCUT2D eigenvalue weighted by Gasteiger charge is 2.23. The van der Waals surface area contributed by atoms with Crippen molar-refractivity contribution in [2.45, 2.75) is 19.9 Å². The summed E-state index contributed by atoms with van der Waals surface area (Å²) in [7, 11) is 0. The first-order valence-corrected chi connectivity index (χ1v) is 7.93. The highest BCUT2D eigenvalue weighted by molar-refractivity contribution is 5.99. The Morgan fingerprint density at radius 1 is 1.42 bits per heavy atom. The lowest BCUT2D eigenvalue weighted by Gasteiger charge is -2.18. The number of hydrogen-bond donors (Lipinski definition) is 2. The quantitative estimate of drug-likeness (QED) is 0.772. The summed E-state index contributed by atoms with van der Waals surface area (Å²) in [6.07, 6.45) is 4.18. The van der Waals surface area contributed by atoms with Gasteiger partial charge in [-0.15, -0.1) is 5.10 Å². The van der Waals surface area contributed by atoms with E-state index in [0.29, 0.717) is 31.7 Å². The van der Waals surface area contributed by atoms with Gasteiger partial charge in [-0.05, 0) is 31.0 Å². The van der Waals surface area contributed by atoms with Crippen LogP contribution in [0.4, 0.5) is 10.5 Å². The van der Waals surface area contributed by atoms with Gasteiger partial charge in [-0.2, -0.15) is 0 Å². The molecule has 2 aromatic rings. The second kappa shape index (κ2) is 7.12. The van der Waals surface area contributed by atoms with Crippen molar-refractivity contribution in [2.24, 2.45) is 0 Å². The molecule has 3 amide bonds. The molecule has 1 aliphatic rings. The molecule has 0 bridgehead atoms. The van der Waals surface area contributed by atoms with Crippen LogP contribution >= 0.6 is 0 Å². The molecule has 8 heteroatoms. The van der Waals surface area contributed by atoms with E-state index in [1.807, 2.05) is 13.0 Å². The Balaban J connectivity index is 1.59. The molecule has 24 heavy (non-hydrogen) atoms. The van der Waals surface area contributed by atoms with Crippen molar-refractivity contribution in [3.05, 3.63) is 41.7 Å². The fourth-order valence-electron chi connectivity index (χ4n) is 2.64. The molecule has 2 N–H and O–H groups in total. The number of amides is 3. The smallest absolute Gasteiger partial charge is 0.322 e. The minimum Gasteiger partial charge on any atom is -0.352 e. The standard InChI is InChI=1S/C16H20N6O2/c1-12-3-4-13(11-14(12)22-10-6-18-16(22)24)15(23)17-5-2-8-21-9-7-19-20-21/h3-4,7,9,11H,2,5-6,8,10H2,1H3,(H,17,23)(H,18,24). The van der Waals surface area contributed by atoms with E-state index in [-0.39, 0.29) is 11.9 Å². The number of aromatic nitrogens is 3. The van der Waals surface area contributed by atoms with Crippen molar-refractivity contribution in [1.29, 1.82) is 0 Å². The van der Waals surface area contributed by atoms with E-state index < -0.39 is 0 Å². The highest BCUT2D eigenvalue weighted by Crippen LogP contribution is 2.23. The second-order valence-corrected chi connectivity index (χ2v) is 5.66. The predicted molar refractivity (Wildman–Crippen MR) is 88.9 cm³/mol. The molecule has 1 aromatic carbocycles. The Morgan fingerprint density at radius 3 is 3.00 bits per heavy atom. The summed E-state index contributed by atoms with van der Waals surface area (Å²) < 4.78 is 1.72. The normalized spacial score (nSPS) is 13.9. The van der Waals surface area contributed by atoms with Gasteiger partial charge < -0.3 is 10.6 Å². The minimum atomic E-state index is -0.144. The van der Waals surface area contributed by atoms with Crippen molar-refractivity contribution in [3.63, 3.8) is 0 Å². The molecule has 0 spiro atoms. The number of aryl methyl sites for hydroxylation is 2. The monoisotopic (exact) mass is 328 g/mol. The lowest BCUT2D eigenvalue weighted by molar-refractivity contribution is 0.0952. The van der Waals surface area contributed by atoms with Gasteiger partial charge in [-0.1, -0.05) is 11.3 Å². The first kappa shape index (κ1) is 16.0. The summed E-state index contributed by atoms with van der Waals surface area (Å²) in [6, 6.07) is 5.29. The van der Waals surface area contributed by atoms with Crippen LogP contribution in [0, 0.1) is 6.92 Å². The first-order chi connectivity index (χ1) is 11.6. The van der Waals surface area contributed by atoms with Crippen LogP contribution in [0.1, 0.15) is 22.3 Å². The topological polar surface area (TPSA) is 92.2 Å². The lowest BCUT2D eigenvalue weighted by atomic mass is 10.1. The maximum absolute atomic E-state index is 12.3. The Morgan fingerprint density at radius 2 is 2.29 bits per heavy atom. The summed E-state index contributed by atoms with van der Waals surface area (Å²) in [5.41, 5.74) is 2.30. The molecule has 1 fully saturated rings. The number of benzene rings is 1. The van der Waals surface area contributed by atoms with Crippen molar-refractivity contribution >= 4 is 17.6 Å². The Bertz CT molecular complexity index is 728. The Kier molecular flexibility index (Phi) is 4.74. The van der Waals surface area contributed by atoms with Crippen LogP contribution < -0.4 is 15.5 Å². The number of carbonyl (C=O) groups is 2. The van der Waals surface area contributed by atoms with Crippen molar-refractivity contribution in [3.8, 4) is 0 Å². The van der Waals surface area contributed by atoms with E-state index in [1.165, 1.54) is 0 Å². The third-order valence-corrected chi connectivity index (χ3v) is 3.94. The molecule has 1 saturated heterocycles. The summed E-state index contributed by atoms with van der Waals surface area (Å²) in [5, 5.41) is 13.3. The van der Waals surface area contributed by atoms with Crippen LogP contribution in [-0.4, -0.2) is 46.6 Å². The molecule has 0 unspecified atom stereocenters. The predicted octanol–water partition coefficient (Wildman–Crippen LogP) is 0.936. The SMILES string of the molecule is Cc1ccc(C(=O)NCCCn2ccnn2)cc1N1CCNC1=O. The van der Waals surface area contributed by atoms with E-state index in [2.05, 4.69) is 20.9 Å². The Labute approximate surface area is 139 Å². The number of carbonyl (C=O) groups excluding carboxylic acids is 2. The number of nitrogens with zero attached hydrogens (tertiary/aromatic N) is 4. The third kappa shape index (κ3) is 3.53. The zero-order valence-corrected chi connectivity index (χ0v) is 13.5. The molecule has 0 saturated carbocycles. The molecular formula is C16H20N6O2. The van der Waals surface area contributed by atoms with Gasteiger partial charge >= 0.3 is 6.03 Å². The van der Waals surface area contributed by atoms with Crippen molar-refractivity contribution in [2.75, 3.05) is 24.5 Å². The number of anilines is 1. The van der Waals surface area contributed by atoms with Gasteiger partial charge in [0.15, 0.2) is 0 Å². The average molecular weight is 328 g/mol. The second-order valence-electron chi connectivity index (χ2n) is 5.66. The van der Waals surface area contributed by atoms with Crippen LogP contribution in [0.25, 0.3) is 0 Å². The molecule has 0 radical (unpaired) electrons. The van der Waals surface area contributed by atoms with Gasteiger partial charge in [-0.25, -0.2) is 4.79 Å². The summed E-state index contributed by atoms with van der Waals surface area (Å²) in [6.45, 7) is 4.42. The van der Waals surface area contributed by atoms with Crippen molar-refractivity contribution < 1.29 is 9.59 Å². The maximum atomic E-state index is 12.3. The van der Waals surface area contributed by atoms with E-state index in [9.17, 15) is 9.59 Å². The van der Waals surface area contributed by atoms with Gasteiger partial charge in [0.25, 0.3) is 5.91 Å². The summed E-state index contributed by atoms with van der Waals surface area (Å²) >= 11 is 0. The molecule has 126 valence electrons. The largest absolute Gasteiger partial charge is 0.352 e. The van der Waals surface area contributed by atoms with Crippen LogP contribution in [-0.2, 0) is 6.54 Å². The summed E-state index contributed by atoms with van der Waals surface area (Å²) in [4.78, 5) is 25.8. The zero-order chi connectivity index (χ0) is 16.9. The number of nitrogens with one attached hydrogen (secondary N) is 2. The van der Waals surface area contributed by atoms with E-state index in [1.54, 1.807) is 34.1 Å². The lowest BCUT2D eigenvalue weighted by Crippen LogP contribution is -2.29. The van der Waals surface area contributed by atoms with Crippen LogP contribution in [0.5, 0.6) is 0 Å². The van der Waals surface area contributed by atoms with Crippen LogP contribution in [0.2, 0.25) is 0 Å². The van der Waals surface area contributed by atoms with Crippen LogP contribution in [0.3, 0.4) is 0 Å². The molecule has 1 aliphatic heterocycles. The zero-order valence-electron chi connectivity index (χ0n) is 13.5. The minimum absolute atomic E-state index is 0.122. The van der Waals surface area contributed by atoms with E-state index in [0.717, 1.165) is 17.7 Å². The molecule has 3 rings (SSSR count). The third-order valence-electron chi connectivity index (χ3n) is 3.94. The van der Waals surface area contributed by atoms with E-state index in [4.69, 9.17) is 0 Å². The molecule has 1 aromatic heterocycles.